The van der Waals surface area contributed by atoms with Crippen molar-refractivity contribution in [3.05, 3.63) is 41.9 Å². The molecule has 1 N–H and O–H groups in total. The first-order chi connectivity index (χ1) is 12.9. The molecule has 1 fully saturated rings. The van der Waals surface area contributed by atoms with Crippen molar-refractivity contribution in [3.63, 3.8) is 0 Å². The molecule has 0 aliphatic carbocycles. The highest BCUT2D eigenvalue weighted by molar-refractivity contribution is 5.81. The molecule has 0 unspecified atom stereocenters. The predicted octanol–water partition coefficient (Wildman–Crippen LogP) is 2.20. The Morgan fingerprint density at radius 2 is 2.15 bits per heavy atom. The van der Waals surface area contributed by atoms with Crippen molar-refractivity contribution in [2.75, 3.05) is 13.1 Å². The Labute approximate surface area is 159 Å². The van der Waals surface area contributed by atoms with E-state index in [1.807, 2.05) is 39.1 Å². The van der Waals surface area contributed by atoms with Crippen molar-refractivity contribution in [2.45, 2.75) is 64.4 Å². The average Bonchev–Trinajstić information content (AvgIpc) is 3.26. The third kappa shape index (κ3) is 3.66. The standard InChI is InChI=1S/C20H28N4O3/c1-14(2)22-18(25)17-13-24-11-8-21-19(24)20(27-17)6-9-23(10-7-20)12-16-5-4-15(3)26-16/h4-5,8,11,14,17H,6-7,9-10,12-13H2,1-3H3,(H,22,25)/t17-/m0/s1. The van der Waals surface area contributed by atoms with Crippen molar-refractivity contribution in [1.29, 1.82) is 0 Å². The van der Waals surface area contributed by atoms with Gasteiger partial charge in [-0.25, -0.2) is 4.98 Å². The van der Waals surface area contributed by atoms with Crippen molar-refractivity contribution >= 4 is 5.91 Å². The van der Waals surface area contributed by atoms with Gasteiger partial charge >= 0.3 is 0 Å². The minimum Gasteiger partial charge on any atom is -0.465 e. The number of rotatable bonds is 4. The van der Waals surface area contributed by atoms with Gasteiger partial charge in [-0.1, -0.05) is 0 Å². The molecule has 1 spiro atoms. The van der Waals surface area contributed by atoms with E-state index in [-0.39, 0.29) is 11.9 Å². The van der Waals surface area contributed by atoms with E-state index in [1.165, 1.54) is 0 Å². The van der Waals surface area contributed by atoms with E-state index in [1.54, 1.807) is 6.20 Å². The lowest BCUT2D eigenvalue weighted by molar-refractivity contribution is -0.174. The zero-order chi connectivity index (χ0) is 19.0. The summed E-state index contributed by atoms with van der Waals surface area (Å²) in [6.07, 6.45) is 4.91. The van der Waals surface area contributed by atoms with Crippen LogP contribution in [0.2, 0.25) is 0 Å². The number of aromatic nitrogens is 2. The molecule has 1 atom stereocenters. The Hall–Kier alpha value is -2.12. The molecule has 2 aliphatic rings. The predicted molar refractivity (Wildman–Crippen MR) is 100 cm³/mol. The van der Waals surface area contributed by atoms with Crippen LogP contribution in [0.25, 0.3) is 0 Å². The molecule has 0 bridgehead atoms. The number of nitrogens with zero attached hydrogens (tertiary/aromatic N) is 3. The number of piperidine rings is 1. The van der Waals surface area contributed by atoms with Crippen LogP contribution in [0.5, 0.6) is 0 Å². The van der Waals surface area contributed by atoms with Gasteiger partial charge < -0.3 is 19.0 Å². The molecule has 0 radical (unpaired) electrons. The molecule has 0 saturated carbocycles. The zero-order valence-corrected chi connectivity index (χ0v) is 16.3. The van der Waals surface area contributed by atoms with E-state index < -0.39 is 11.7 Å². The first-order valence-electron chi connectivity index (χ1n) is 9.73. The summed E-state index contributed by atoms with van der Waals surface area (Å²) >= 11 is 0. The van der Waals surface area contributed by atoms with Crippen LogP contribution in [0, 0.1) is 6.92 Å². The molecule has 1 saturated heterocycles. The minimum atomic E-state index is -0.490. The molecular weight excluding hydrogens is 344 g/mol. The van der Waals surface area contributed by atoms with Crippen LogP contribution in [0.1, 0.15) is 44.0 Å². The normalized spacial score (nSPS) is 22.1. The molecule has 2 aromatic heterocycles. The van der Waals surface area contributed by atoms with Crippen LogP contribution < -0.4 is 5.32 Å². The van der Waals surface area contributed by atoms with Crippen LogP contribution >= 0.6 is 0 Å². The van der Waals surface area contributed by atoms with E-state index in [4.69, 9.17) is 9.15 Å². The first kappa shape index (κ1) is 18.3. The highest BCUT2D eigenvalue weighted by atomic mass is 16.5. The number of aryl methyl sites for hydroxylation is 1. The molecule has 4 rings (SSSR count). The second-order valence-electron chi connectivity index (χ2n) is 7.96. The Morgan fingerprint density at radius 1 is 1.37 bits per heavy atom. The number of nitrogens with one attached hydrogen (secondary N) is 1. The van der Waals surface area contributed by atoms with E-state index >= 15 is 0 Å². The first-order valence-corrected chi connectivity index (χ1v) is 9.73. The van der Waals surface area contributed by atoms with E-state index in [9.17, 15) is 4.79 Å². The molecule has 2 aliphatic heterocycles. The van der Waals surface area contributed by atoms with Crippen molar-refractivity contribution in [1.82, 2.24) is 19.8 Å². The molecule has 7 nitrogen and oxygen atoms in total. The van der Waals surface area contributed by atoms with Crippen LogP contribution in [0.3, 0.4) is 0 Å². The van der Waals surface area contributed by atoms with Crippen molar-refractivity contribution in [2.24, 2.45) is 0 Å². The van der Waals surface area contributed by atoms with Gasteiger partial charge in [0.15, 0.2) is 6.10 Å². The smallest absolute Gasteiger partial charge is 0.251 e. The van der Waals surface area contributed by atoms with E-state index in [0.717, 1.165) is 49.8 Å². The minimum absolute atomic E-state index is 0.0442. The number of hydrogen-bond acceptors (Lipinski definition) is 5. The second kappa shape index (κ2) is 7.13. The number of carbonyl (C=O) groups is 1. The SMILES string of the molecule is Cc1ccc(CN2CCC3(CC2)O[C@H](C(=O)NC(C)C)Cn2ccnc23)o1. The highest BCUT2D eigenvalue weighted by Crippen LogP contribution is 2.40. The fourth-order valence-electron chi connectivity index (χ4n) is 4.11. The van der Waals surface area contributed by atoms with E-state index in [0.29, 0.717) is 6.54 Å². The lowest BCUT2D eigenvalue weighted by atomic mass is 9.88. The lowest BCUT2D eigenvalue weighted by Crippen LogP contribution is -2.54. The fraction of sp³-hybridized carbons (Fsp3) is 0.600. The number of ether oxygens (including phenoxy) is 1. The van der Waals surface area contributed by atoms with Gasteiger partial charge in [0.2, 0.25) is 0 Å². The van der Waals surface area contributed by atoms with Gasteiger partial charge in [-0.3, -0.25) is 9.69 Å². The second-order valence-corrected chi connectivity index (χ2v) is 7.96. The Bertz CT molecular complexity index is 802. The topological polar surface area (TPSA) is 72.5 Å². The van der Waals surface area contributed by atoms with Crippen molar-refractivity contribution < 1.29 is 13.9 Å². The summed E-state index contributed by atoms with van der Waals surface area (Å²) in [4.78, 5) is 19.5. The lowest BCUT2D eigenvalue weighted by Gasteiger charge is -2.45. The van der Waals surface area contributed by atoms with Gasteiger partial charge in [-0.2, -0.15) is 0 Å². The summed E-state index contributed by atoms with van der Waals surface area (Å²) in [6.45, 7) is 8.98. The van der Waals surface area contributed by atoms with Crippen LogP contribution in [0.4, 0.5) is 0 Å². The molecule has 2 aromatic rings. The number of imidazole rings is 1. The number of fused-ring (bicyclic) bond motifs is 2. The third-order valence-electron chi connectivity index (χ3n) is 5.42. The summed E-state index contributed by atoms with van der Waals surface area (Å²) in [5, 5.41) is 2.98. The van der Waals surface area contributed by atoms with Gasteiger partial charge in [0, 0.05) is 31.5 Å². The Balaban J connectivity index is 1.48. The molecular formula is C20H28N4O3. The van der Waals surface area contributed by atoms with Crippen LogP contribution in [0.15, 0.2) is 28.9 Å². The van der Waals surface area contributed by atoms with Gasteiger partial charge in [0.1, 0.15) is 22.9 Å². The molecule has 1 amide bonds. The number of hydrogen-bond donors (Lipinski definition) is 1. The third-order valence-corrected chi connectivity index (χ3v) is 5.42. The highest BCUT2D eigenvalue weighted by Gasteiger charge is 2.47. The maximum Gasteiger partial charge on any atom is 0.251 e. The average molecular weight is 372 g/mol. The molecule has 0 aromatic carbocycles. The van der Waals surface area contributed by atoms with Gasteiger partial charge in [0.25, 0.3) is 5.91 Å². The maximum absolute atomic E-state index is 12.6. The molecule has 27 heavy (non-hydrogen) atoms. The monoisotopic (exact) mass is 372 g/mol. The van der Waals surface area contributed by atoms with Crippen LogP contribution in [-0.2, 0) is 28.2 Å². The largest absolute Gasteiger partial charge is 0.465 e. The number of amides is 1. The molecule has 146 valence electrons. The Morgan fingerprint density at radius 3 is 2.81 bits per heavy atom. The summed E-state index contributed by atoms with van der Waals surface area (Å²) in [5.41, 5.74) is -0.490. The summed E-state index contributed by atoms with van der Waals surface area (Å²) in [5.74, 6) is 2.83. The number of furan rings is 1. The number of likely N-dealkylation sites (tertiary alicyclic amines) is 1. The molecule has 4 heterocycles. The van der Waals surface area contributed by atoms with Gasteiger partial charge in [0.05, 0.1) is 13.1 Å². The maximum atomic E-state index is 12.6. The van der Waals surface area contributed by atoms with Crippen LogP contribution in [-0.4, -0.2) is 45.6 Å². The van der Waals surface area contributed by atoms with Gasteiger partial charge in [-0.05, 0) is 45.7 Å². The summed E-state index contributed by atoms with van der Waals surface area (Å²) in [6, 6.07) is 4.13. The fourth-order valence-corrected chi connectivity index (χ4v) is 4.11. The number of carbonyl (C=O) groups excluding carboxylic acids is 1. The summed E-state index contributed by atoms with van der Waals surface area (Å²) in [7, 11) is 0. The molecule has 7 heteroatoms. The zero-order valence-electron chi connectivity index (χ0n) is 16.3. The van der Waals surface area contributed by atoms with Gasteiger partial charge in [-0.15, -0.1) is 0 Å². The quantitative estimate of drug-likeness (QED) is 0.891. The summed E-state index contributed by atoms with van der Waals surface area (Å²) < 4.78 is 14.2. The Kier molecular flexibility index (Phi) is 4.82. The van der Waals surface area contributed by atoms with E-state index in [2.05, 4.69) is 19.8 Å². The van der Waals surface area contributed by atoms with Crippen molar-refractivity contribution in [3.8, 4) is 0 Å².